The van der Waals surface area contributed by atoms with E-state index < -0.39 is 0 Å². The normalized spacial score (nSPS) is 11.4. The molecule has 0 fully saturated rings. The average molecular weight is 424 g/mol. The molecular weight excluding hydrogens is 374 g/mol. The van der Waals surface area contributed by atoms with Crippen LogP contribution in [0.3, 0.4) is 0 Å². The first-order chi connectivity index (χ1) is 13.6. The summed E-state index contributed by atoms with van der Waals surface area (Å²) in [5, 5.41) is 0. The van der Waals surface area contributed by atoms with Crippen LogP contribution in [0.15, 0.2) is 30.3 Å². The molecule has 0 aliphatic carbocycles. The fraction of sp³-hybridized carbons (Fsp3) is 0.778. The quantitative estimate of drug-likeness (QED) is 0.203. The van der Waals surface area contributed by atoms with E-state index in [-0.39, 0.29) is 12.4 Å². The molecule has 170 valence electrons. The predicted octanol–water partition coefficient (Wildman–Crippen LogP) is 5.53. The number of hydrogen-bond donors (Lipinski definition) is 0. The van der Waals surface area contributed by atoms with E-state index in [9.17, 15) is 0 Å². The van der Waals surface area contributed by atoms with Crippen molar-refractivity contribution in [2.24, 2.45) is 0 Å². The largest absolute Gasteiger partial charge is 1.00 e. The summed E-state index contributed by atoms with van der Waals surface area (Å²) in [7, 11) is 4.75. The third kappa shape index (κ3) is 18.0. The van der Waals surface area contributed by atoms with Crippen LogP contribution in [0.5, 0.6) is 0 Å². The molecule has 0 atom stereocenters. The standard InChI is InChI=1S/C27H50N.ClH/c1-4-5-6-7-8-9-10-11-12-13-14-15-16-17-18-22-25-28(2,3)26-27-23-20-19-21-24-27;/h19-21,23-24H,4-18,22,25-26H2,1-3H3;1H/q+1;/p-1. The van der Waals surface area contributed by atoms with E-state index in [2.05, 4.69) is 51.4 Å². The van der Waals surface area contributed by atoms with Crippen LogP contribution < -0.4 is 12.4 Å². The van der Waals surface area contributed by atoms with Gasteiger partial charge in [0.1, 0.15) is 6.54 Å². The summed E-state index contributed by atoms with van der Waals surface area (Å²) in [5.41, 5.74) is 1.46. The molecule has 0 N–H and O–H groups in total. The second-order valence-electron chi connectivity index (χ2n) is 9.61. The molecule has 0 radical (unpaired) electrons. The second-order valence-corrected chi connectivity index (χ2v) is 9.61. The Bertz CT molecular complexity index is 443. The Morgan fingerprint density at radius 1 is 0.552 bits per heavy atom. The van der Waals surface area contributed by atoms with E-state index in [4.69, 9.17) is 0 Å². The summed E-state index contributed by atoms with van der Waals surface area (Å²) >= 11 is 0. The second kappa shape index (κ2) is 19.4. The van der Waals surface area contributed by atoms with Gasteiger partial charge in [-0.3, -0.25) is 0 Å². The van der Waals surface area contributed by atoms with Crippen LogP contribution in [0.25, 0.3) is 0 Å². The third-order valence-corrected chi connectivity index (χ3v) is 6.07. The van der Waals surface area contributed by atoms with E-state index in [1.54, 1.807) is 0 Å². The highest BCUT2D eigenvalue weighted by atomic mass is 35.5. The highest BCUT2D eigenvalue weighted by Crippen LogP contribution is 2.15. The maximum atomic E-state index is 2.37. The molecule has 1 rings (SSSR count). The van der Waals surface area contributed by atoms with Gasteiger partial charge < -0.3 is 16.9 Å². The van der Waals surface area contributed by atoms with Gasteiger partial charge in [0.25, 0.3) is 0 Å². The lowest BCUT2D eigenvalue weighted by Gasteiger charge is -2.30. The van der Waals surface area contributed by atoms with Crippen molar-refractivity contribution in [3.8, 4) is 0 Å². The van der Waals surface area contributed by atoms with E-state index in [0.29, 0.717) is 0 Å². The van der Waals surface area contributed by atoms with Crippen LogP contribution in [0.2, 0.25) is 0 Å². The summed E-state index contributed by atoms with van der Waals surface area (Å²) in [6.07, 6.45) is 23.2. The summed E-state index contributed by atoms with van der Waals surface area (Å²) in [5.74, 6) is 0. The molecule has 1 aromatic rings. The molecule has 0 aromatic heterocycles. The minimum Gasteiger partial charge on any atom is -1.00 e. The van der Waals surface area contributed by atoms with Gasteiger partial charge >= 0.3 is 0 Å². The fourth-order valence-electron chi connectivity index (χ4n) is 4.24. The molecule has 0 aliphatic heterocycles. The first kappa shape index (κ1) is 28.5. The van der Waals surface area contributed by atoms with E-state index in [1.165, 1.54) is 115 Å². The summed E-state index contributed by atoms with van der Waals surface area (Å²) in [6.45, 7) is 4.75. The average Bonchev–Trinajstić information content (AvgIpc) is 2.68. The summed E-state index contributed by atoms with van der Waals surface area (Å²) in [6, 6.07) is 10.9. The van der Waals surface area contributed by atoms with Gasteiger partial charge in [-0.25, -0.2) is 0 Å². The van der Waals surface area contributed by atoms with Gasteiger partial charge in [0.2, 0.25) is 0 Å². The molecule has 0 amide bonds. The number of rotatable bonds is 19. The Balaban J connectivity index is 0.00000784. The number of benzene rings is 1. The molecule has 0 saturated heterocycles. The van der Waals surface area contributed by atoms with E-state index >= 15 is 0 Å². The van der Waals surface area contributed by atoms with Gasteiger partial charge in [-0.1, -0.05) is 127 Å². The fourth-order valence-corrected chi connectivity index (χ4v) is 4.24. The molecule has 0 aliphatic rings. The first-order valence-electron chi connectivity index (χ1n) is 12.5. The predicted molar refractivity (Wildman–Crippen MR) is 127 cm³/mol. The van der Waals surface area contributed by atoms with E-state index in [0.717, 1.165) is 11.0 Å². The molecule has 0 bridgehead atoms. The molecule has 0 saturated carbocycles. The van der Waals surface area contributed by atoms with Crippen LogP contribution in [0, 0.1) is 0 Å². The van der Waals surface area contributed by atoms with Gasteiger partial charge in [-0.15, -0.1) is 0 Å². The van der Waals surface area contributed by atoms with Crippen molar-refractivity contribution in [1.29, 1.82) is 0 Å². The van der Waals surface area contributed by atoms with Crippen molar-refractivity contribution in [1.82, 2.24) is 0 Å². The zero-order valence-corrected chi connectivity index (χ0v) is 20.7. The minimum atomic E-state index is 0. The molecular formula is C27H50ClN. The Kier molecular flexibility index (Phi) is 19.1. The number of nitrogens with zero attached hydrogens (tertiary/aromatic N) is 1. The monoisotopic (exact) mass is 423 g/mol. The van der Waals surface area contributed by atoms with Gasteiger partial charge in [0.15, 0.2) is 0 Å². The van der Waals surface area contributed by atoms with Crippen molar-refractivity contribution in [3.63, 3.8) is 0 Å². The maximum absolute atomic E-state index is 2.37. The van der Waals surface area contributed by atoms with Crippen molar-refractivity contribution >= 4 is 0 Å². The van der Waals surface area contributed by atoms with Crippen LogP contribution >= 0.6 is 0 Å². The highest BCUT2D eigenvalue weighted by molar-refractivity contribution is 5.13. The lowest BCUT2D eigenvalue weighted by molar-refractivity contribution is -0.903. The molecule has 0 unspecified atom stereocenters. The molecule has 2 heteroatoms. The Morgan fingerprint density at radius 3 is 1.34 bits per heavy atom. The van der Waals surface area contributed by atoms with Crippen molar-refractivity contribution in [2.45, 2.75) is 116 Å². The number of unbranched alkanes of at least 4 members (excludes halogenated alkanes) is 15. The molecule has 29 heavy (non-hydrogen) atoms. The Hall–Kier alpha value is -0.530. The van der Waals surface area contributed by atoms with Gasteiger partial charge in [-0.2, -0.15) is 0 Å². The maximum Gasteiger partial charge on any atom is 0.104 e. The van der Waals surface area contributed by atoms with Gasteiger partial charge in [-0.05, 0) is 12.8 Å². The molecule has 0 spiro atoms. The number of halogens is 1. The summed E-state index contributed by atoms with van der Waals surface area (Å²) in [4.78, 5) is 0. The zero-order chi connectivity index (χ0) is 20.3. The first-order valence-corrected chi connectivity index (χ1v) is 12.5. The SMILES string of the molecule is CCCCCCCCCCCCCCCCCC[N+](C)(C)Cc1ccccc1.[Cl-]. The lowest BCUT2D eigenvalue weighted by Crippen LogP contribution is -3.00. The molecule has 1 aromatic carbocycles. The third-order valence-electron chi connectivity index (χ3n) is 6.07. The number of quaternary nitrogens is 1. The molecule has 0 heterocycles. The Morgan fingerprint density at radius 2 is 0.931 bits per heavy atom. The number of hydrogen-bond acceptors (Lipinski definition) is 0. The van der Waals surface area contributed by atoms with Gasteiger partial charge in [0.05, 0.1) is 20.6 Å². The topological polar surface area (TPSA) is 0 Å². The van der Waals surface area contributed by atoms with Crippen LogP contribution in [-0.2, 0) is 6.54 Å². The zero-order valence-electron chi connectivity index (χ0n) is 19.9. The van der Waals surface area contributed by atoms with Crippen LogP contribution in [0.1, 0.15) is 115 Å². The van der Waals surface area contributed by atoms with Crippen LogP contribution in [0.4, 0.5) is 0 Å². The smallest absolute Gasteiger partial charge is 0.104 e. The summed E-state index contributed by atoms with van der Waals surface area (Å²) < 4.78 is 1.11. The highest BCUT2D eigenvalue weighted by Gasteiger charge is 2.14. The van der Waals surface area contributed by atoms with Gasteiger partial charge in [0, 0.05) is 5.56 Å². The molecule has 1 nitrogen and oxygen atoms in total. The Labute approximate surface area is 189 Å². The van der Waals surface area contributed by atoms with Crippen molar-refractivity contribution < 1.29 is 16.9 Å². The van der Waals surface area contributed by atoms with Crippen molar-refractivity contribution in [2.75, 3.05) is 20.6 Å². The lowest BCUT2D eigenvalue weighted by atomic mass is 10.0. The van der Waals surface area contributed by atoms with E-state index in [1.807, 2.05) is 0 Å². The minimum absolute atomic E-state index is 0. The van der Waals surface area contributed by atoms with Crippen molar-refractivity contribution in [3.05, 3.63) is 35.9 Å². The van der Waals surface area contributed by atoms with Crippen LogP contribution in [-0.4, -0.2) is 25.1 Å².